The molecule has 12 heteroatoms. The minimum atomic E-state index is -0.539. The van der Waals surface area contributed by atoms with Crippen molar-refractivity contribution in [1.82, 2.24) is 5.43 Å². The highest BCUT2D eigenvalue weighted by molar-refractivity contribution is 14.1. The Morgan fingerprint density at radius 1 is 1.09 bits per heavy atom. The first kappa shape index (κ1) is 25.6. The zero-order valence-electron chi connectivity index (χ0n) is 18.3. The monoisotopic (exact) mass is 590 g/mol. The SMILES string of the molecule is COc1cc(/C=N/NC(=O)Cc2ccccc2[N+](=O)[O-])cc(I)c1OCc1cccc([N+](=O)[O-])c1. The number of nitro benzene ring substituents is 2. The average molecular weight is 590 g/mol. The molecule has 11 nitrogen and oxygen atoms in total. The number of nitrogens with zero attached hydrogens (tertiary/aromatic N) is 3. The number of ether oxygens (including phenoxy) is 2. The van der Waals surface area contributed by atoms with Crippen LogP contribution in [0, 0.1) is 23.8 Å². The van der Waals surface area contributed by atoms with E-state index >= 15 is 0 Å². The van der Waals surface area contributed by atoms with Crippen LogP contribution in [-0.2, 0) is 17.8 Å². The van der Waals surface area contributed by atoms with E-state index in [1.807, 2.05) is 0 Å². The lowest BCUT2D eigenvalue weighted by molar-refractivity contribution is -0.385. The summed E-state index contributed by atoms with van der Waals surface area (Å²) in [6.45, 7) is 0.100. The van der Waals surface area contributed by atoms with E-state index in [4.69, 9.17) is 9.47 Å². The second-order valence-electron chi connectivity index (χ2n) is 7.11. The Labute approximate surface area is 213 Å². The van der Waals surface area contributed by atoms with E-state index in [2.05, 4.69) is 33.1 Å². The number of para-hydroxylation sites is 1. The quantitative estimate of drug-likeness (QED) is 0.160. The van der Waals surface area contributed by atoms with Gasteiger partial charge < -0.3 is 9.47 Å². The molecule has 1 amide bonds. The van der Waals surface area contributed by atoms with Gasteiger partial charge in [-0.05, 0) is 45.9 Å². The van der Waals surface area contributed by atoms with Gasteiger partial charge in [0.1, 0.15) is 6.61 Å². The summed E-state index contributed by atoms with van der Waals surface area (Å²) in [7, 11) is 1.47. The molecule has 3 aromatic rings. The molecule has 3 rings (SSSR count). The highest BCUT2D eigenvalue weighted by Gasteiger charge is 2.16. The maximum Gasteiger partial charge on any atom is 0.273 e. The zero-order valence-corrected chi connectivity index (χ0v) is 20.5. The number of nitro groups is 2. The minimum Gasteiger partial charge on any atom is -0.493 e. The number of rotatable bonds is 10. The molecule has 0 aliphatic rings. The lowest BCUT2D eigenvalue weighted by atomic mass is 10.1. The number of hydrogen-bond acceptors (Lipinski definition) is 8. The zero-order chi connectivity index (χ0) is 25.4. The fourth-order valence-electron chi connectivity index (χ4n) is 3.10. The third-order valence-electron chi connectivity index (χ3n) is 4.70. The minimum absolute atomic E-state index is 0.0248. The maximum absolute atomic E-state index is 12.2. The molecule has 1 N–H and O–H groups in total. The Bertz CT molecular complexity index is 1300. The summed E-state index contributed by atoms with van der Waals surface area (Å²) in [6.07, 6.45) is 1.21. The van der Waals surface area contributed by atoms with Gasteiger partial charge in [0.15, 0.2) is 11.5 Å². The van der Waals surface area contributed by atoms with Crippen LogP contribution in [0.1, 0.15) is 16.7 Å². The van der Waals surface area contributed by atoms with Crippen LogP contribution in [0.5, 0.6) is 11.5 Å². The van der Waals surface area contributed by atoms with E-state index in [0.29, 0.717) is 26.2 Å². The van der Waals surface area contributed by atoms with Crippen LogP contribution in [-0.4, -0.2) is 29.1 Å². The number of amides is 1. The van der Waals surface area contributed by atoms with Gasteiger partial charge in [-0.1, -0.05) is 30.3 Å². The largest absolute Gasteiger partial charge is 0.493 e. The van der Waals surface area contributed by atoms with Crippen LogP contribution in [0.2, 0.25) is 0 Å². The molecular weight excluding hydrogens is 571 g/mol. The molecule has 0 unspecified atom stereocenters. The number of carbonyl (C=O) groups is 1. The van der Waals surface area contributed by atoms with Crippen molar-refractivity contribution in [3.8, 4) is 11.5 Å². The van der Waals surface area contributed by atoms with Crippen LogP contribution < -0.4 is 14.9 Å². The summed E-state index contributed by atoms with van der Waals surface area (Å²) in [6, 6.07) is 15.6. The van der Waals surface area contributed by atoms with Gasteiger partial charge in [-0.2, -0.15) is 5.10 Å². The molecule has 0 radical (unpaired) electrons. The van der Waals surface area contributed by atoms with E-state index in [0.717, 1.165) is 0 Å². The lowest BCUT2D eigenvalue weighted by Crippen LogP contribution is -2.20. The molecule has 3 aromatic carbocycles. The summed E-state index contributed by atoms with van der Waals surface area (Å²) in [5.74, 6) is 0.362. The highest BCUT2D eigenvalue weighted by Crippen LogP contribution is 2.34. The topological polar surface area (TPSA) is 146 Å². The number of methoxy groups -OCH3 is 1. The van der Waals surface area contributed by atoms with E-state index in [9.17, 15) is 25.0 Å². The first-order valence-corrected chi connectivity index (χ1v) is 11.1. The molecule has 0 atom stereocenters. The molecule has 0 aliphatic heterocycles. The lowest BCUT2D eigenvalue weighted by Gasteiger charge is -2.13. The van der Waals surface area contributed by atoms with Gasteiger partial charge >= 0.3 is 0 Å². The van der Waals surface area contributed by atoms with Crippen molar-refractivity contribution in [1.29, 1.82) is 0 Å². The van der Waals surface area contributed by atoms with Gasteiger partial charge in [-0.25, -0.2) is 5.43 Å². The molecule has 0 saturated heterocycles. The van der Waals surface area contributed by atoms with Crippen molar-refractivity contribution >= 4 is 46.1 Å². The van der Waals surface area contributed by atoms with E-state index in [1.165, 1.54) is 43.7 Å². The number of nitrogens with one attached hydrogen (secondary N) is 1. The van der Waals surface area contributed by atoms with Crippen molar-refractivity contribution < 1.29 is 24.1 Å². The third-order valence-corrected chi connectivity index (χ3v) is 5.50. The van der Waals surface area contributed by atoms with Gasteiger partial charge in [-0.15, -0.1) is 0 Å². The van der Waals surface area contributed by atoms with Crippen LogP contribution in [0.4, 0.5) is 11.4 Å². The van der Waals surface area contributed by atoms with Crippen LogP contribution in [0.15, 0.2) is 65.8 Å². The first-order chi connectivity index (χ1) is 16.8. The van der Waals surface area contributed by atoms with Crippen LogP contribution in [0.25, 0.3) is 0 Å². The number of non-ortho nitro benzene ring substituents is 1. The van der Waals surface area contributed by atoms with Crippen LogP contribution >= 0.6 is 22.6 Å². The van der Waals surface area contributed by atoms with Gasteiger partial charge in [0.25, 0.3) is 11.4 Å². The Hall–Kier alpha value is -4.07. The summed E-state index contributed by atoms with van der Waals surface area (Å²) in [4.78, 5) is 33.2. The molecule has 0 bridgehead atoms. The number of hydrazone groups is 1. The van der Waals surface area contributed by atoms with Crippen LogP contribution in [0.3, 0.4) is 0 Å². The second kappa shape index (κ2) is 11.9. The Morgan fingerprint density at radius 2 is 1.86 bits per heavy atom. The first-order valence-electron chi connectivity index (χ1n) is 10.1. The van der Waals surface area contributed by atoms with Crippen molar-refractivity contribution in [2.75, 3.05) is 7.11 Å². The smallest absolute Gasteiger partial charge is 0.273 e. The fourth-order valence-corrected chi connectivity index (χ4v) is 3.88. The van der Waals surface area contributed by atoms with Crippen molar-refractivity contribution in [3.05, 3.63) is 101 Å². The van der Waals surface area contributed by atoms with Gasteiger partial charge in [0, 0.05) is 23.8 Å². The van der Waals surface area contributed by atoms with E-state index in [-0.39, 0.29) is 30.0 Å². The van der Waals surface area contributed by atoms with Crippen molar-refractivity contribution in [2.45, 2.75) is 13.0 Å². The highest BCUT2D eigenvalue weighted by atomic mass is 127. The average Bonchev–Trinajstić information content (AvgIpc) is 2.83. The Balaban J connectivity index is 1.66. The number of benzene rings is 3. The summed E-state index contributed by atoms with van der Waals surface area (Å²) >= 11 is 2.06. The fraction of sp³-hybridized carbons (Fsp3) is 0.130. The molecule has 0 aromatic heterocycles. The molecule has 0 spiro atoms. The summed E-state index contributed by atoms with van der Waals surface area (Å²) < 4.78 is 12.0. The standard InChI is InChI=1S/C23H19IN4O7/c1-34-21-11-16(13-25-26-22(29)12-17-6-2-3-8-20(17)28(32)33)10-19(24)23(21)35-14-15-5-4-7-18(9-15)27(30)31/h2-11,13H,12,14H2,1H3,(H,26,29)/b25-13+. The molecular formula is C23H19IN4O7. The second-order valence-corrected chi connectivity index (χ2v) is 8.27. The van der Waals surface area contributed by atoms with Gasteiger partial charge in [0.05, 0.1) is 33.2 Å². The Kier molecular flexibility index (Phi) is 8.67. The predicted molar refractivity (Wildman–Crippen MR) is 136 cm³/mol. The molecule has 0 saturated carbocycles. The molecule has 0 heterocycles. The van der Waals surface area contributed by atoms with Gasteiger partial charge in [-0.3, -0.25) is 25.0 Å². The summed E-state index contributed by atoms with van der Waals surface area (Å²) in [5, 5.41) is 26.0. The maximum atomic E-state index is 12.2. The van der Waals surface area contributed by atoms with E-state index < -0.39 is 15.8 Å². The molecule has 0 aliphatic carbocycles. The summed E-state index contributed by atoms with van der Waals surface area (Å²) in [5.41, 5.74) is 3.72. The molecule has 180 valence electrons. The molecule has 35 heavy (non-hydrogen) atoms. The van der Waals surface area contributed by atoms with Crippen molar-refractivity contribution in [2.24, 2.45) is 5.10 Å². The molecule has 0 fully saturated rings. The normalized spacial score (nSPS) is 10.7. The predicted octanol–water partition coefficient (Wildman–Crippen LogP) is 4.39. The number of carbonyl (C=O) groups excluding carboxylic acids is 1. The van der Waals surface area contributed by atoms with Crippen molar-refractivity contribution in [3.63, 3.8) is 0 Å². The third kappa shape index (κ3) is 6.96. The number of halogens is 1. The Morgan fingerprint density at radius 3 is 2.57 bits per heavy atom. The van der Waals surface area contributed by atoms with E-state index in [1.54, 1.807) is 30.3 Å². The number of hydrogen-bond donors (Lipinski definition) is 1. The van der Waals surface area contributed by atoms with Gasteiger partial charge in [0.2, 0.25) is 5.91 Å².